The Kier molecular flexibility index (Phi) is 4.42. The third-order valence-electron chi connectivity index (χ3n) is 7.32. The Bertz CT molecular complexity index is 2120. The molecule has 0 amide bonds. The van der Waals surface area contributed by atoms with E-state index in [9.17, 15) is 0 Å². The van der Waals surface area contributed by atoms with Gasteiger partial charge in [0, 0.05) is 42.1 Å². The molecular weight excluding hydrogens is 468 g/mol. The molecule has 2 aromatic heterocycles. The van der Waals surface area contributed by atoms with Crippen LogP contribution in [0, 0.1) is 0 Å². The first-order chi connectivity index (χ1) is 18.4. The molecule has 0 aliphatic carbocycles. The van der Waals surface area contributed by atoms with Crippen LogP contribution in [0.25, 0.3) is 75.1 Å². The third-order valence-corrected chi connectivity index (χ3v) is 8.54. The van der Waals surface area contributed by atoms with E-state index in [1.807, 2.05) is 17.5 Å². The first-order valence-electron chi connectivity index (χ1n) is 12.4. The van der Waals surface area contributed by atoms with E-state index in [0.29, 0.717) is 0 Å². The Morgan fingerprint density at radius 3 is 1.78 bits per heavy atom. The van der Waals surface area contributed by atoms with Gasteiger partial charge in [-0.05, 0) is 22.4 Å². The summed E-state index contributed by atoms with van der Waals surface area (Å²) in [4.78, 5) is 10.3. The van der Waals surface area contributed by atoms with Crippen molar-refractivity contribution in [3.63, 3.8) is 0 Å². The van der Waals surface area contributed by atoms with Gasteiger partial charge in [0.05, 0.1) is 22.9 Å². The molecule has 0 fully saturated rings. The average molecular weight is 489 g/mol. The Hall–Kier alpha value is -4.60. The summed E-state index contributed by atoms with van der Waals surface area (Å²) < 4.78 is 2.62. The number of rotatable bonds is 2. The fourth-order valence-corrected chi connectivity index (χ4v) is 6.88. The van der Waals surface area contributed by atoms with Gasteiger partial charge in [-0.2, -0.15) is 0 Å². The van der Waals surface area contributed by atoms with E-state index in [0.717, 1.165) is 33.1 Å². The van der Waals surface area contributed by atoms with Gasteiger partial charge in [-0.15, -0.1) is 11.3 Å². The molecule has 0 saturated carbocycles. The summed E-state index contributed by atoms with van der Waals surface area (Å²) >= 11 is 1.86. The minimum Gasteiger partial charge on any atom is -0.252 e. The van der Waals surface area contributed by atoms with E-state index in [4.69, 9.17) is 9.97 Å². The molecule has 0 aliphatic heterocycles. The van der Waals surface area contributed by atoms with E-state index < -0.39 is 0 Å². The van der Waals surface area contributed by atoms with Crippen LogP contribution < -0.4 is 0 Å². The summed E-state index contributed by atoms with van der Waals surface area (Å²) in [7, 11) is 0. The molecule has 0 saturated heterocycles. The molecule has 0 unspecified atom stereocenters. The van der Waals surface area contributed by atoms with Crippen LogP contribution in [0.1, 0.15) is 0 Å². The predicted molar refractivity (Wildman–Crippen MR) is 158 cm³/mol. The second-order valence-electron chi connectivity index (χ2n) is 9.37. The van der Waals surface area contributed by atoms with Crippen molar-refractivity contribution in [2.75, 3.05) is 0 Å². The van der Waals surface area contributed by atoms with Crippen molar-refractivity contribution in [3.05, 3.63) is 121 Å². The van der Waals surface area contributed by atoms with E-state index in [1.165, 1.54) is 42.1 Å². The molecule has 37 heavy (non-hydrogen) atoms. The largest absolute Gasteiger partial charge is 0.252 e. The number of nitrogens with zero attached hydrogens (tertiary/aromatic N) is 2. The predicted octanol–water partition coefficient (Wildman–Crippen LogP) is 9.64. The normalized spacial score (nSPS) is 11.8. The van der Waals surface area contributed by atoms with Crippen molar-refractivity contribution >= 4 is 64.1 Å². The van der Waals surface area contributed by atoms with Gasteiger partial charge in [-0.25, -0.2) is 4.98 Å². The zero-order valence-electron chi connectivity index (χ0n) is 19.8. The molecule has 0 aliphatic rings. The summed E-state index contributed by atoms with van der Waals surface area (Å²) in [5.41, 5.74) is 6.29. The average Bonchev–Trinajstić information content (AvgIpc) is 3.36. The molecule has 2 nitrogen and oxygen atoms in total. The Labute approximate surface area is 217 Å². The van der Waals surface area contributed by atoms with Gasteiger partial charge in [-0.3, -0.25) is 4.98 Å². The van der Waals surface area contributed by atoms with E-state index in [-0.39, 0.29) is 0 Å². The lowest BCUT2D eigenvalue weighted by molar-refractivity contribution is 1.31. The molecule has 0 bridgehead atoms. The van der Waals surface area contributed by atoms with Gasteiger partial charge in [0.1, 0.15) is 0 Å². The molecule has 8 rings (SSSR count). The van der Waals surface area contributed by atoms with Crippen LogP contribution in [0.4, 0.5) is 0 Å². The highest BCUT2D eigenvalue weighted by molar-refractivity contribution is 7.26. The maximum atomic E-state index is 5.27. The lowest BCUT2D eigenvalue weighted by atomic mass is 9.96. The van der Waals surface area contributed by atoms with Crippen LogP contribution in [0.5, 0.6) is 0 Å². The van der Waals surface area contributed by atoms with Crippen LogP contribution in [-0.2, 0) is 0 Å². The first-order valence-corrected chi connectivity index (χ1v) is 13.2. The lowest BCUT2D eigenvalue weighted by Crippen LogP contribution is -1.93. The van der Waals surface area contributed by atoms with Gasteiger partial charge in [-0.1, -0.05) is 109 Å². The minimum absolute atomic E-state index is 0.890. The van der Waals surface area contributed by atoms with Gasteiger partial charge in [0.25, 0.3) is 0 Å². The summed E-state index contributed by atoms with van der Waals surface area (Å²) in [5, 5.41) is 7.30. The first kappa shape index (κ1) is 20.6. The quantitative estimate of drug-likeness (QED) is 0.226. The van der Waals surface area contributed by atoms with Crippen molar-refractivity contribution in [3.8, 4) is 22.4 Å². The maximum Gasteiger partial charge on any atom is 0.0979 e. The smallest absolute Gasteiger partial charge is 0.0979 e. The van der Waals surface area contributed by atoms with Crippen LogP contribution in [-0.4, -0.2) is 9.97 Å². The Morgan fingerprint density at radius 1 is 0.432 bits per heavy atom. The molecule has 0 N–H and O–H groups in total. The molecule has 2 heterocycles. The molecule has 0 atom stereocenters. The van der Waals surface area contributed by atoms with Crippen molar-refractivity contribution in [1.82, 2.24) is 9.97 Å². The monoisotopic (exact) mass is 488 g/mol. The number of aromatic nitrogens is 2. The molecule has 3 heteroatoms. The maximum absolute atomic E-state index is 5.27. The number of hydrogen-bond acceptors (Lipinski definition) is 3. The van der Waals surface area contributed by atoms with E-state index in [2.05, 4.69) is 115 Å². The topological polar surface area (TPSA) is 25.8 Å². The van der Waals surface area contributed by atoms with Crippen molar-refractivity contribution in [2.24, 2.45) is 0 Å². The van der Waals surface area contributed by atoms with Crippen molar-refractivity contribution < 1.29 is 0 Å². The third kappa shape index (κ3) is 3.05. The van der Waals surface area contributed by atoms with Gasteiger partial charge in [0.15, 0.2) is 0 Å². The zero-order valence-corrected chi connectivity index (χ0v) is 20.7. The Morgan fingerprint density at radius 2 is 1.00 bits per heavy atom. The number of fused-ring (bicyclic) bond motifs is 9. The molecule has 0 radical (unpaired) electrons. The molecular formula is C34H20N2S. The molecule has 6 aromatic carbocycles. The van der Waals surface area contributed by atoms with E-state index >= 15 is 0 Å². The van der Waals surface area contributed by atoms with Gasteiger partial charge < -0.3 is 0 Å². The SMILES string of the molecule is c1ccc(-c2cccc3c2sc2ccccc23)c(-c2cnc3c4ccccc4c4ccccc4c3n2)c1. The van der Waals surface area contributed by atoms with Crippen LogP contribution in [0.2, 0.25) is 0 Å². The van der Waals surface area contributed by atoms with Gasteiger partial charge in [0.2, 0.25) is 0 Å². The van der Waals surface area contributed by atoms with Gasteiger partial charge >= 0.3 is 0 Å². The summed E-state index contributed by atoms with van der Waals surface area (Å²) in [6.45, 7) is 0. The highest BCUT2D eigenvalue weighted by Gasteiger charge is 2.16. The molecule has 0 spiro atoms. The summed E-state index contributed by atoms with van der Waals surface area (Å²) in [6, 6.07) is 40.9. The Balaban J connectivity index is 1.42. The number of thiophene rings is 1. The second-order valence-corrected chi connectivity index (χ2v) is 10.4. The standard InChI is InChI=1S/C34H20N2S/c1-4-13-24(23(12-1)28-17-9-18-29-25-14-7-8-19-31(25)37-34(28)29)30-20-35-32-26-15-5-2-10-21(26)22-11-3-6-16-27(22)33(32)36-30/h1-20H. The second kappa shape index (κ2) is 7.95. The van der Waals surface area contributed by atoms with Crippen LogP contribution in [0.3, 0.4) is 0 Å². The number of hydrogen-bond donors (Lipinski definition) is 0. The van der Waals surface area contributed by atoms with Crippen LogP contribution >= 0.6 is 11.3 Å². The fraction of sp³-hybridized carbons (Fsp3) is 0. The zero-order chi connectivity index (χ0) is 24.3. The lowest BCUT2D eigenvalue weighted by Gasteiger charge is -2.13. The summed E-state index contributed by atoms with van der Waals surface area (Å²) in [5.74, 6) is 0. The number of benzene rings is 6. The molecule has 172 valence electrons. The van der Waals surface area contributed by atoms with Crippen molar-refractivity contribution in [2.45, 2.75) is 0 Å². The minimum atomic E-state index is 0.890. The van der Waals surface area contributed by atoms with Crippen LogP contribution in [0.15, 0.2) is 121 Å². The van der Waals surface area contributed by atoms with Crippen molar-refractivity contribution in [1.29, 1.82) is 0 Å². The highest BCUT2D eigenvalue weighted by Crippen LogP contribution is 2.42. The highest BCUT2D eigenvalue weighted by atomic mass is 32.1. The van der Waals surface area contributed by atoms with E-state index in [1.54, 1.807) is 0 Å². The summed E-state index contributed by atoms with van der Waals surface area (Å²) in [6.07, 6.45) is 1.94. The fourth-order valence-electron chi connectivity index (χ4n) is 5.65. The molecule has 8 aromatic rings.